The van der Waals surface area contributed by atoms with E-state index in [9.17, 15) is 9.59 Å². The number of para-hydroxylation sites is 1. The minimum atomic E-state index is -0.372. The van der Waals surface area contributed by atoms with Gasteiger partial charge in [0, 0.05) is 29.8 Å². The quantitative estimate of drug-likeness (QED) is 0.238. The fourth-order valence-corrected chi connectivity index (χ4v) is 2.70. The first-order valence-electron chi connectivity index (χ1n) is 8.78. The van der Waals surface area contributed by atoms with Gasteiger partial charge in [0.15, 0.2) is 0 Å². The number of amides is 2. The topological polar surface area (TPSA) is 104 Å². The Labute approximate surface area is 153 Å². The largest absolute Gasteiger partial charge is 0.398 e. The van der Waals surface area contributed by atoms with E-state index in [1.807, 2.05) is 48.5 Å². The maximum absolute atomic E-state index is 12.0. The monoisotopic (exact) mass is 355 g/mol. The van der Waals surface area contributed by atoms with Crippen molar-refractivity contribution in [1.82, 2.24) is 5.48 Å². The summed E-state index contributed by atoms with van der Waals surface area (Å²) in [5.41, 5.74) is 11.0. The molecule has 0 saturated heterocycles. The number of hydrogen-bond donors (Lipinski definition) is 4. The smallest absolute Gasteiger partial charge is 0.243 e. The van der Waals surface area contributed by atoms with E-state index in [4.69, 9.17) is 10.9 Å². The Morgan fingerprint density at radius 1 is 0.846 bits per heavy atom. The molecule has 0 aliphatic carbocycles. The second-order valence-corrected chi connectivity index (χ2v) is 6.16. The van der Waals surface area contributed by atoms with Gasteiger partial charge in [0.25, 0.3) is 0 Å². The van der Waals surface area contributed by atoms with Gasteiger partial charge in [0.05, 0.1) is 0 Å². The molecule has 6 nitrogen and oxygen atoms in total. The minimum absolute atomic E-state index is 0.0231. The molecule has 0 radical (unpaired) electrons. The molecule has 0 atom stereocenters. The van der Waals surface area contributed by atoms with E-state index in [-0.39, 0.29) is 11.8 Å². The lowest BCUT2D eigenvalue weighted by molar-refractivity contribution is -0.129. The average molecular weight is 355 g/mol. The van der Waals surface area contributed by atoms with Gasteiger partial charge in [0.2, 0.25) is 11.8 Å². The molecule has 0 bridgehead atoms. The highest BCUT2D eigenvalue weighted by Gasteiger charge is 2.05. The summed E-state index contributed by atoms with van der Waals surface area (Å²) in [5, 5.41) is 11.3. The van der Waals surface area contributed by atoms with Gasteiger partial charge < -0.3 is 11.1 Å². The van der Waals surface area contributed by atoms with Gasteiger partial charge in [-0.05, 0) is 36.6 Å². The maximum Gasteiger partial charge on any atom is 0.243 e. The molecule has 2 aromatic carbocycles. The molecule has 6 heteroatoms. The molecule has 5 N–H and O–H groups in total. The number of nitrogens with two attached hydrogens (primary N) is 1. The van der Waals surface area contributed by atoms with Crippen LogP contribution >= 0.6 is 0 Å². The van der Waals surface area contributed by atoms with Crippen molar-refractivity contribution in [3.63, 3.8) is 0 Å². The van der Waals surface area contributed by atoms with E-state index in [0.29, 0.717) is 19.3 Å². The fraction of sp³-hybridized carbons (Fsp3) is 0.300. The van der Waals surface area contributed by atoms with Crippen molar-refractivity contribution < 1.29 is 14.8 Å². The Bertz CT molecular complexity index is 729. The highest BCUT2D eigenvalue weighted by Crippen LogP contribution is 2.26. The van der Waals surface area contributed by atoms with E-state index < -0.39 is 0 Å². The van der Waals surface area contributed by atoms with Crippen LogP contribution in [0, 0.1) is 0 Å². The van der Waals surface area contributed by atoms with Crippen LogP contribution < -0.4 is 16.5 Å². The van der Waals surface area contributed by atoms with E-state index in [1.165, 1.54) is 0 Å². The van der Waals surface area contributed by atoms with Crippen molar-refractivity contribution in [2.45, 2.75) is 38.5 Å². The molecule has 0 aromatic heterocycles. The lowest BCUT2D eigenvalue weighted by Crippen LogP contribution is -2.17. The molecule has 0 aliphatic rings. The number of rotatable bonds is 9. The Morgan fingerprint density at radius 3 is 2.08 bits per heavy atom. The third kappa shape index (κ3) is 6.22. The number of anilines is 2. The zero-order valence-electron chi connectivity index (χ0n) is 14.7. The standard InChI is InChI=1S/C20H25N3O3/c21-18-8-6-5-7-17(18)15-11-13-16(14-12-15)22-19(24)9-3-1-2-4-10-20(25)23-26/h5-8,11-14,26H,1-4,9-10,21H2,(H,22,24)(H,23,25). The highest BCUT2D eigenvalue weighted by molar-refractivity contribution is 5.91. The van der Waals surface area contributed by atoms with Gasteiger partial charge >= 0.3 is 0 Å². The molecular formula is C20H25N3O3. The van der Waals surface area contributed by atoms with Crippen LogP contribution in [0.3, 0.4) is 0 Å². The van der Waals surface area contributed by atoms with E-state index >= 15 is 0 Å². The number of nitrogens with one attached hydrogen (secondary N) is 2. The molecular weight excluding hydrogens is 330 g/mol. The van der Waals surface area contributed by atoms with Crippen molar-refractivity contribution in [2.75, 3.05) is 11.1 Å². The van der Waals surface area contributed by atoms with Crippen LogP contribution in [0.4, 0.5) is 11.4 Å². The molecule has 0 aliphatic heterocycles. The molecule has 2 amide bonds. The highest BCUT2D eigenvalue weighted by atomic mass is 16.5. The Kier molecular flexibility index (Phi) is 7.64. The van der Waals surface area contributed by atoms with E-state index in [0.717, 1.165) is 41.8 Å². The summed E-state index contributed by atoms with van der Waals surface area (Å²) in [6.07, 6.45) is 3.95. The third-order valence-electron chi connectivity index (χ3n) is 4.12. The second kappa shape index (κ2) is 10.2. The number of nitrogen functional groups attached to an aromatic ring is 1. The number of benzene rings is 2. The van der Waals surface area contributed by atoms with Crippen molar-refractivity contribution >= 4 is 23.2 Å². The van der Waals surface area contributed by atoms with Gasteiger partial charge in [0.1, 0.15) is 0 Å². The summed E-state index contributed by atoms with van der Waals surface area (Å²) in [5.74, 6) is -0.395. The lowest BCUT2D eigenvalue weighted by atomic mass is 10.0. The molecule has 0 saturated carbocycles. The van der Waals surface area contributed by atoms with Crippen LogP contribution in [0.25, 0.3) is 11.1 Å². The third-order valence-corrected chi connectivity index (χ3v) is 4.12. The molecule has 2 rings (SSSR count). The van der Waals surface area contributed by atoms with E-state index in [2.05, 4.69) is 5.32 Å². The van der Waals surface area contributed by atoms with Crippen LogP contribution in [0.5, 0.6) is 0 Å². The number of carbonyl (C=O) groups is 2. The first-order chi connectivity index (χ1) is 12.6. The normalized spacial score (nSPS) is 10.3. The predicted molar refractivity (Wildman–Crippen MR) is 103 cm³/mol. The molecule has 138 valence electrons. The summed E-state index contributed by atoms with van der Waals surface area (Å²) in [6.45, 7) is 0. The lowest BCUT2D eigenvalue weighted by Gasteiger charge is -2.08. The number of carbonyl (C=O) groups excluding carboxylic acids is 2. The zero-order chi connectivity index (χ0) is 18.8. The van der Waals surface area contributed by atoms with Gasteiger partial charge in [-0.2, -0.15) is 0 Å². The summed E-state index contributed by atoms with van der Waals surface area (Å²) < 4.78 is 0. The summed E-state index contributed by atoms with van der Waals surface area (Å²) in [7, 11) is 0. The fourth-order valence-electron chi connectivity index (χ4n) is 2.70. The second-order valence-electron chi connectivity index (χ2n) is 6.16. The first-order valence-corrected chi connectivity index (χ1v) is 8.78. The van der Waals surface area contributed by atoms with Gasteiger partial charge in [-0.15, -0.1) is 0 Å². The Hall–Kier alpha value is -2.86. The van der Waals surface area contributed by atoms with Crippen LogP contribution in [0.15, 0.2) is 48.5 Å². The zero-order valence-corrected chi connectivity index (χ0v) is 14.7. The summed E-state index contributed by atoms with van der Waals surface area (Å²) in [4.78, 5) is 22.8. The summed E-state index contributed by atoms with van der Waals surface area (Å²) in [6, 6.07) is 15.3. The Balaban J connectivity index is 1.72. The average Bonchev–Trinajstić information content (AvgIpc) is 2.65. The van der Waals surface area contributed by atoms with Gasteiger partial charge in [-0.1, -0.05) is 43.2 Å². The van der Waals surface area contributed by atoms with Crippen LogP contribution in [-0.2, 0) is 9.59 Å². The van der Waals surface area contributed by atoms with Gasteiger partial charge in [-0.25, -0.2) is 5.48 Å². The minimum Gasteiger partial charge on any atom is -0.398 e. The van der Waals surface area contributed by atoms with Crippen molar-refractivity contribution in [1.29, 1.82) is 0 Å². The van der Waals surface area contributed by atoms with Gasteiger partial charge in [-0.3, -0.25) is 14.8 Å². The summed E-state index contributed by atoms with van der Waals surface area (Å²) >= 11 is 0. The van der Waals surface area contributed by atoms with E-state index in [1.54, 1.807) is 5.48 Å². The maximum atomic E-state index is 12.0. The van der Waals surface area contributed by atoms with Crippen molar-refractivity contribution in [2.24, 2.45) is 0 Å². The Morgan fingerprint density at radius 2 is 1.46 bits per heavy atom. The van der Waals surface area contributed by atoms with Crippen LogP contribution in [0.2, 0.25) is 0 Å². The molecule has 26 heavy (non-hydrogen) atoms. The number of hydrogen-bond acceptors (Lipinski definition) is 4. The van der Waals surface area contributed by atoms with Crippen LogP contribution in [0.1, 0.15) is 38.5 Å². The predicted octanol–water partition coefficient (Wildman–Crippen LogP) is 3.72. The van der Waals surface area contributed by atoms with Crippen molar-refractivity contribution in [3.05, 3.63) is 48.5 Å². The molecule has 0 spiro atoms. The van der Waals surface area contributed by atoms with Crippen molar-refractivity contribution in [3.8, 4) is 11.1 Å². The molecule has 0 heterocycles. The molecule has 0 fully saturated rings. The first kappa shape index (κ1) is 19.5. The SMILES string of the molecule is Nc1ccccc1-c1ccc(NC(=O)CCCCCCC(=O)NO)cc1. The number of hydroxylamine groups is 1. The number of unbranched alkanes of at least 4 members (excludes halogenated alkanes) is 3. The molecule has 0 unspecified atom stereocenters. The van der Waals surface area contributed by atoms with Crippen LogP contribution in [-0.4, -0.2) is 17.0 Å². The molecule has 2 aromatic rings.